The van der Waals surface area contributed by atoms with E-state index >= 15 is 0 Å². The summed E-state index contributed by atoms with van der Waals surface area (Å²) in [6, 6.07) is 12.8. The predicted molar refractivity (Wildman–Crippen MR) is 83.1 cm³/mol. The Morgan fingerprint density at radius 1 is 1.14 bits per heavy atom. The van der Waals surface area contributed by atoms with E-state index in [1.54, 1.807) is 37.3 Å². The van der Waals surface area contributed by atoms with Crippen molar-refractivity contribution < 1.29 is 18.3 Å². The first-order chi connectivity index (χ1) is 9.84. The summed E-state index contributed by atoms with van der Waals surface area (Å²) in [6.45, 7) is 1.55. The van der Waals surface area contributed by atoms with E-state index in [0.29, 0.717) is 10.0 Å². The minimum absolute atomic E-state index is 0.180. The molecule has 2 aromatic carbocycles. The Balaban J connectivity index is 2.59. The lowest BCUT2D eigenvalue weighted by Gasteiger charge is -2.15. The van der Waals surface area contributed by atoms with Crippen molar-refractivity contribution >= 4 is 31.7 Å². The summed E-state index contributed by atoms with van der Waals surface area (Å²) in [5.41, 5.74) is 0.398. The smallest absolute Gasteiger partial charge is 0.337 e. The van der Waals surface area contributed by atoms with E-state index in [9.17, 15) is 18.3 Å². The predicted octanol–water partition coefficient (Wildman–Crippen LogP) is 3.68. The Hall–Kier alpha value is -1.66. The third kappa shape index (κ3) is 3.16. The van der Waals surface area contributed by atoms with Crippen LogP contribution in [0.5, 0.6) is 0 Å². The largest absolute Gasteiger partial charge is 0.478 e. The number of carboxylic acid groups (broad SMARTS) is 1. The van der Waals surface area contributed by atoms with Crippen LogP contribution in [0.25, 0.3) is 0 Å². The average molecular weight is 369 g/mol. The van der Waals surface area contributed by atoms with Gasteiger partial charge in [-0.05, 0) is 30.7 Å². The van der Waals surface area contributed by atoms with Crippen LogP contribution in [0.1, 0.15) is 28.1 Å². The highest BCUT2D eigenvalue weighted by Gasteiger charge is 2.29. The van der Waals surface area contributed by atoms with Gasteiger partial charge in [-0.2, -0.15) is 0 Å². The van der Waals surface area contributed by atoms with E-state index < -0.39 is 21.1 Å². The normalized spacial score (nSPS) is 12.9. The van der Waals surface area contributed by atoms with Crippen molar-refractivity contribution in [2.45, 2.75) is 17.1 Å². The first kappa shape index (κ1) is 15.7. The maximum atomic E-state index is 12.7. The molecule has 0 aliphatic carbocycles. The van der Waals surface area contributed by atoms with Gasteiger partial charge in [0.1, 0.15) is 0 Å². The van der Waals surface area contributed by atoms with Gasteiger partial charge in [-0.1, -0.05) is 46.3 Å². The van der Waals surface area contributed by atoms with Crippen LogP contribution in [0, 0.1) is 0 Å². The molecule has 1 atom stereocenters. The monoisotopic (exact) mass is 368 g/mol. The van der Waals surface area contributed by atoms with Crippen molar-refractivity contribution in [3.63, 3.8) is 0 Å². The number of sulfone groups is 1. The summed E-state index contributed by atoms with van der Waals surface area (Å²) in [5.74, 6) is -1.26. The Bertz CT molecular complexity index is 770. The molecule has 0 aliphatic rings. The zero-order valence-electron chi connectivity index (χ0n) is 11.2. The molecule has 0 saturated heterocycles. The fraction of sp³-hybridized carbons (Fsp3) is 0.133. The fourth-order valence-electron chi connectivity index (χ4n) is 2.00. The molecule has 1 N–H and O–H groups in total. The lowest BCUT2D eigenvalue weighted by atomic mass is 10.2. The van der Waals surface area contributed by atoms with Crippen LogP contribution in [0.4, 0.5) is 0 Å². The second kappa shape index (κ2) is 5.99. The number of benzene rings is 2. The van der Waals surface area contributed by atoms with Crippen molar-refractivity contribution in [1.29, 1.82) is 0 Å². The van der Waals surface area contributed by atoms with Crippen molar-refractivity contribution in [2.24, 2.45) is 0 Å². The highest BCUT2D eigenvalue weighted by Crippen LogP contribution is 2.32. The minimum Gasteiger partial charge on any atom is -0.478 e. The van der Waals surface area contributed by atoms with Gasteiger partial charge in [-0.15, -0.1) is 0 Å². The Morgan fingerprint density at radius 2 is 1.76 bits per heavy atom. The molecular formula is C15H13BrO4S. The van der Waals surface area contributed by atoms with Crippen LogP contribution >= 0.6 is 15.9 Å². The molecule has 6 heteroatoms. The van der Waals surface area contributed by atoms with Gasteiger partial charge in [-0.25, -0.2) is 13.2 Å². The molecule has 110 valence electrons. The van der Waals surface area contributed by atoms with Gasteiger partial charge in [0.25, 0.3) is 0 Å². The quantitative estimate of drug-likeness (QED) is 0.893. The van der Waals surface area contributed by atoms with E-state index in [-0.39, 0.29) is 10.5 Å². The van der Waals surface area contributed by atoms with E-state index in [2.05, 4.69) is 15.9 Å². The molecule has 0 saturated carbocycles. The molecule has 0 bridgehead atoms. The van der Waals surface area contributed by atoms with Crippen LogP contribution in [-0.2, 0) is 9.84 Å². The summed E-state index contributed by atoms with van der Waals surface area (Å²) in [6.07, 6.45) is 0. The molecule has 0 fully saturated rings. The Kier molecular flexibility index (Phi) is 4.49. The molecule has 0 heterocycles. The molecule has 21 heavy (non-hydrogen) atoms. The van der Waals surface area contributed by atoms with E-state index in [4.69, 9.17) is 0 Å². The van der Waals surface area contributed by atoms with Crippen LogP contribution < -0.4 is 0 Å². The SMILES string of the molecule is CC(c1ccccc1)S(=O)(=O)c1cc(Br)ccc1C(=O)O. The third-order valence-corrected chi connectivity index (χ3v) is 5.86. The summed E-state index contributed by atoms with van der Waals surface area (Å²) in [7, 11) is -3.80. The molecule has 0 aromatic heterocycles. The maximum absolute atomic E-state index is 12.7. The number of carbonyl (C=O) groups is 1. The highest BCUT2D eigenvalue weighted by atomic mass is 79.9. The van der Waals surface area contributed by atoms with Gasteiger partial charge in [-0.3, -0.25) is 0 Å². The van der Waals surface area contributed by atoms with Crippen molar-refractivity contribution in [2.75, 3.05) is 0 Å². The second-order valence-electron chi connectivity index (χ2n) is 4.54. The lowest BCUT2D eigenvalue weighted by molar-refractivity contribution is 0.0692. The standard InChI is InChI=1S/C15H13BrO4S/c1-10(11-5-3-2-4-6-11)21(19,20)14-9-12(16)7-8-13(14)15(17)18/h2-10H,1H3,(H,17,18). The lowest BCUT2D eigenvalue weighted by Crippen LogP contribution is -2.15. The number of aromatic carboxylic acids is 1. The van der Waals surface area contributed by atoms with Gasteiger partial charge < -0.3 is 5.11 Å². The highest BCUT2D eigenvalue weighted by molar-refractivity contribution is 9.10. The second-order valence-corrected chi connectivity index (χ2v) is 7.70. The first-order valence-electron chi connectivity index (χ1n) is 6.15. The molecule has 1 unspecified atom stereocenters. The third-order valence-electron chi connectivity index (χ3n) is 3.22. The first-order valence-corrected chi connectivity index (χ1v) is 8.49. The van der Waals surface area contributed by atoms with Gasteiger partial charge in [0.05, 0.1) is 15.7 Å². The Labute approximate surface area is 131 Å². The summed E-state index contributed by atoms with van der Waals surface area (Å²) in [5, 5.41) is 8.36. The van der Waals surface area contributed by atoms with Gasteiger partial charge in [0.2, 0.25) is 0 Å². The van der Waals surface area contributed by atoms with Gasteiger partial charge >= 0.3 is 5.97 Å². The molecule has 0 spiro atoms. The van der Waals surface area contributed by atoms with Crippen molar-refractivity contribution in [3.05, 3.63) is 64.1 Å². The molecule has 0 aliphatic heterocycles. The van der Waals surface area contributed by atoms with E-state index in [1.165, 1.54) is 18.2 Å². The van der Waals surface area contributed by atoms with Crippen LogP contribution in [0.15, 0.2) is 57.9 Å². The van der Waals surface area contributed by atoms with E-state index in [0.717, 1.165) is 0 Å². The molecule has 2 aromatic rings. The Morgan fingerprint density at radius 3 is 2.33 bits per heavy atom. The summed E-state index contributed by atoms with van der Waals surface area (Å²) in [4.78, 5) is 11.1. The average Bonchev–Trinajstić information content (AvgIpc) is 2.47. The van der Waals surface area contributed by atoms with Gasteiger partial charge in [0.15, 0.2) is 9.84 Å². The minimum atomic E-state index is -3.80. The topological polar surface area (TPSA) is 71.4 Å². The maximum Gasteiger partial charge on any atom is 0.337 e. The zero-order chi connectivity index (χ0) is 15.6. The molecule has 0 radical (unpaired) electrons. The summed E-state index contributed by atoms with van der Waals surface area (Å²) < 4.78 is 26.0. The van der Waals surface area contributed by atoms with Crippen LogP contribution in [-0.4, -0.2) is 19.5 Å². The van der Waals surface area contributed by atoms with Crippen molar-refractivity contribution in [3.8, 4) is 0 Å². The molecule has 4 nitrogen and oxygen atoms in total. The molecule has 2 rings (SSSR count). The number of rotatable bonds is 4. The van der Waals surface area contributed by atoms with Crippen LogP contribution in [0.3, 0.4) is 0 Å². The molecule has 0 amide bonds. The van der Waals surface area contributed by atoms with Crippen LogP contribution in [0.2, 0.25) is 0 Å². The number of hydrogen-bond donors (Lipinski definition) is 1. The number of carboxylic acids is 1. The fourth-order valence-corrected chi connectivity index (χ4v) is 4.16. The van der Waals surface area contributed by atoms with E-state index in [1.807, 2.05) is 0 Å². The number of hydrogen-bond acceptors (Lipinski definition) is 3. The van der Waals surface area contributed by atoms with Crippen molar-refractivity contribution in [1.82, 2.24) is 0 Å². The molecular weight excluding hydrogens is 356 g/mol. The summed E-state index contributed by atoms with van der Waals surface area (Å²) >= 11 is 3.19. The van der Waals surface area contributed by atoms with Gasteiger partial charge in [0, 0.05) is 4.47 Å². The number of halogens is 1. The zero-order valence-corrected chi connectivity index (χ0v) is 13.6.